The van der Waals surface area contributed by atoms with Crippen LogP contribution in [0.25, 0.3) is 0 Å². The van der Waals surface area contributed by atoms with E-state index in [0.29, 0.717) is 24.7 Å². The molecule has 0 radical (unpaired) electrons. The van der Waals surface area contributed by atoms with Gasteiger partial charge in [-0.1, -0.05) is 20.8 Å². The zero-order valence-electron chi connectivity index (χ0n) is 13.0. The third-order valence-corrected chi connectivity index (χ3v) is 3.76. The summed E-state index contributed by atoms with van der Waals surface area (Å²) in [6.45, 7) is 9.22. The molecule has 2 rings (SSSR count). The van der Waals surface area contributed by atoms with Gasteiger partial charge in [0.25, 0.3) is 0 Å². The van der Waals surface area contributed by atoms with Gasteiger partial charge >= 0.3 is 5.97 Å². The maximum atomic E-state index is 11.6. The van der Waals surface area contributed by atoms with Gasteiger partial charge in [-0.05, 0) is 13.3 Å². The number of aromatic nitrogens is 2. The highest BCUT2D eigenvalue weighted by Crippen LogP contribution is 2.26. The molecular weight excluding hydrogens is 270 g/mol. The van der Waals surface area contributed by atoms with Crippen LogP contribution in [-0.4, -0.2) is 46.3 Å². The first-order valence-electron chi connectivity index (χ1n) is 7.42. The Kier molecular flexibility index (Phi) is 4.77. The van der Waals surface area contributed by atoms with Crippen LogP contribution in [0.1, 0.15) is 56.3 Å². The first kappa shape index (κ1) is 15.7. The average Bonchev–Trinajstić information content (AvgIpc) is 2.46. The highest BCUT2D eigenvalue weighted by Gasteiger charge is 2.30. The molecule has 0 saturated carbocycles. The molecule has 1 saturated heterocycles. The van der Waals surface area contributed by atoms with E-state index in [-0.39, 0.29) is 23.8 Å². The highest BCUT2D eigenvalue weighted by atomic mass is 16.5. The summed E-state index contributed by atoms with van der Waals surface area (Å²) in [6.07, 6.45) is 2.60. The average molecular weight is 293 g/mol. The number of hydrogen-bond acceptors (Lipinski definition) is 5. The number of ether oxygens (including phenoxy) is 1. The summed E-state index contributed by atoms with van der Waals surface area (Å²) in [5.41, 5.74) is 0.676. The van der Waals surface area contributed by atoms with E-state index >= 15 is 0 Å². The Balaban J connectivity index is 2.43. The van der Waals surface area contributed by atoms with Crippen molar-refractivity contribution in [3.63, 3.8) is 0 Å². The third-order valence-electron chi connectivity index (χ3n) is 3.76. The SMILES string of the molecule is CCC1COC(C)CN1c1cnc(C(C)C)nc1C(=O)O. The van der Waals surface area contributed by atoms with E-state index in [0.717, 1.165) is 6.42 Å². The largest absolute Gasteiger partial charge is 0.476 e. The zero-order chi connectivity index (χ0) is 15.6. The quantitative estimate of drug-likeness (QED) is 0.918. The number of aromatic carboxylic acids is 1. The summed E-state index contributed by atoms with van der Waals surface area (Å²) in [5.74, 6) is -0.350. The Bertz CT molecular complexity index is 519. The molecule has 2 unspecified atom stereocenters. The van der Waals surface area contributed by atoms with Crippen molar-refractivity contribution in [2.24, 2.45) is 0 Å². The van der Waals surface area contributed by atoms with Crippen molar-refractivity contribution >= 4 is 11.7 Å². The summed E-state index contributed by atoms with van der Waals surface area (Å²) in [5, 5.41) is 9.48. The minimum atomic E-state index is -1.01. The Labute approximate surface area is 125 Å². The Morgan fingerprint density at radius 3 is 2.86 bits per heavy atom. The van der Waals surface area contributed by atoms with Crippen LogP contribution < -0.4 is 4.90 Å². The molecule has 1 aromatic rings. The van der Waals surface area contributed by atoms with Gasteiger partial charge in [0, 0.05) is 12.5 Å². The monoisotopic (exact) mass is 293 g/mol. The summed E-state index contributed by atoms with van der Waals surface area (Å²) in [7, 11) is 0. The first-order valence-corrected chi connectivity index (χ1v) is 7.42. The van der Waals surface area contributed by atoms with E-state index < -0.39 is 5.97 Å². The van der Waals surface area contributed by atoms with E-state index in [1.165, 1.54) is 0 Å². The lowest BCUT2D eigenvalue weighted by Gasteiger charge is -2.40. The number of nitrogens with zero attached hydrogens (tertiary/aromatic N) is 3. The van der Waals surface area contributed by atoms with Crippen LogP contribution in [0, 0.1) is 0 Å². The number of hydrogen-bond donors (Lipinski definition) is 1. The van der Waals surface area contributed by atoms with Crippen LogP contribution in [0.5, 0.6) is 0 Å². The molecule has 0 amide bonds. The molecule has 0 aromatic carbocycles. The van der Waals surface area contributed by atoms with E-state index in [1.807, 2.05) is 20.8 Å². The molecule has 1 aromatic heterocycles. The lowest BCUT2D eigenvalue weighted by molar-refractivity contribution is 0.0296. The molecule has 116 valence electrons. The number of carboxylic acid groups (broad SMARTS) is 1. The van der Waals surface area contributed by atoms with Crippen LogP contribution in [0.3, 0.4) is 0 Å². The molecule has 0 aliphatic carbocycles. The lowest BCUT2D eigenvalue weighted by atomic mass is 10.1. The number of carboxylic acids is 1. The fraction of sp³-hybridized carbons (Fsp3) is 0.667. The van der Waals surface area contributed by atoms with Gasteiger partial charge in [0.05, 0.1) is 30.6 Å². The predicted molar refractivity (Wildman–Crippen MR) is 79.9 cm³/mol. The van der Waals surface area contributed by atoms with Gasteiger partial charge in [0.2, 0.25) is 0 Å². The Hall–Kier alpha value is -1.69. The van der Waals surface area contributed by atoms with Crippen molar-refractivity contribution in [2.45, 2.75) is 52.2 Å². The fourth-order valence-corrected chi connectivity index (χ4v) is 2.51. The van der Waals surface area contributed by atoms with Crippen LogP contribution in [0.15, 0.2) is 6.20 Å². The number of morpholine rings is 1. The van der Waals surface area contributed by atoms with Crippen LogP contribution >= 0.6 is 0 Å². The Morgan fingerprint density at radius 1 is 1.57 bits per heavy atom. The van der Waals surface area contributed by atoms with E-state index in [4.69, 9.17) is 4.74 Å². The molecule has 0 spiro atoms. The molecule has 1 aliphatic heterocycles. The summed E-state index contributed by atoms with van der Waals surface area (Å²) >= 11 is 0. The molecular formula is C15H23N3O3. The van der Waals surface area contributed by atoms with Crippen LogP contribution in [0.2, 0.25) is 0 Å². The zero-order valence-corrected chi connectivity index (χ0v) is 13.0. The Morgan fingerprint density at radius 2 is 2.29 bits per heavy atom. The predicted octanol–water partition coefficient (Wildman–Crippen LogP) is 2.30. The second-order valence-corrected chi connectivity index (χ2v) is 5.78. The van der Waals surface area contributed by atoms with Gasteiger partial charge in [0.15, 0.2) is 5.69 Å². The molecule has 1 aliphatic rings. The topological polar surface area (TPSA) is 75.5 Å². The van der Waals surface area contributed by atoms with E-state index in [1.54, 1.807) is 6.20 Å². The molecule has 2 atom stereocenters. The van der Waals surface area contributed by atoms with Gasteiger partial charge in [-0.3, -0.25) is 0 Å². The summed E-state index contributed by atoms with van der Waals surface area (Å²) in [6, 6.07) is 0.160. The van der Waals surface area contributed by atoms with Crippen molar-refractivity contribution in [3.05, 3.63) is 17.7 Å². The lowest BCUT2D eigenvalue weighted by Crippen LogP contribution is -2.49. The summed E-state index contributed by atoms with van der Waals surface area (Å²) in [4.78, 5) is 22.2. The van der Waals surface area contributed by atoms with Crippen LogP contribution in [-0.2, 0) is 4.74 Å². The van der Waals surface area contributed by atoms with Crippen molar-refractivity contribution in [1.82, 2.24) is 9.97 Å². The van der Waals surface area contributed by atoms with Crippen LogP contribution in [0.4, 0.5) is 5.69 Å². The van der Waals surface area contributed by atoms with Gasteiger partial charge < -0.3 is 14.7 Å². The minimum absolute atomic E-state index is 0.0687. The second kappa shape index (κ2) is 6.39. The van der Waals surface area contributed by atoms with Crippen molar-refractivity contribution < 1.29 is 14.6 Å². The molecule has 6 heteroatoms. The van der Waals surface area contributed by atoms with E-state index in [2.05, 4.69) is 21.8 Å². The minimum Gasteiger partial charge on any atom is -0.476 e. The van der Waals surface area contributed by atoms with Crippen molar-refractivity contribution in [1.29, 1.82) is 0 Å². The molecule has 1 N–H and O–H groups in total. The third kappa shape index (κ3) is 3.32. The van der Waals surface area contributed by atoms with Gasteiger partial charge in [-0.15, -0.1) is 0 Å². The molecule has 0 bridgehead atoms. The second-order valence-electron chi connectivity index (χ2n) is 5.78. The number of rotatable bonds is 4. The molecule has 6 nitrogen and oxygen atoms in total. The number of carbonyl (C=O) groups is 1. The highest BCUT2D eigenvalue weighted by molar-refractivity contribution is 5.92. The maximum Gasteiger partial charge on any atom is 0.356 e. The summed E-state index contributed by atoms with van der Waals surface area (Å²) < 4.78 is 5.67. The van der Waals surface area contributed by atoms with Crippen molar-refractivity contribution in [3.8, 4) is 0 Å². The molecule has 21 heavy (non-hydrogen) atoms. The maximum absolute atomic E-state index is 11.6. The first-order chi connectivity index (χ1) is 9.93. The smallest absolute Gasteiger partial charge is 0.356 e. The fourth-order valence-electron chi connectivity index (χ4n) is 2.51. The molecule has 2 heterocycles. The molecule has 1 fully saturated rings. The van der Waals surface area contributed by atoms with E-state index in [9.17, 15) is 9.90 Å². The number of anilines is 1. The standard InChI is InChI=1S/C15H23N3O3/c1-5-11-8-21-10(4)7-18(11)12-6-16-14(9(2)3)17-13(12)15(19)20/h6,9-11H,5,7-8H2,1-4H3,(H,19,20). The van der Waals surface area contributed by atoms with Crippen molar-refractivity contribution in [2.75, 3.05) is 18.1 Å². The van der Waals surface area contributed by atoms with Gasteiger partial charge in [-0.2, -0.15) is 0 Å². The normalized spacial score (nSPS) is 22.6. The van der Waals surface area contributed by atoms with Gasteiger partial charge in [-0.25, -0.2) is 14.8 Å². The van der Waals surface area contributed by atoms with Gasteiger partial charge in [0.1, 0.15) is 5.82 Å².